The molecule has 2 unspecified atom stereocenters. The second-order valence-electron chi connectivity index (χ2n) is 6.20. The summed E-state index contributed by atoms with van der Waals surface area (Å²) in [6.07, 6.45) is 0.610. The number of para-hydroxylation sites is 1. The van der Waals surface area contributed by atoms with Gasteiger partial charge in [0.25, 0.3) is 5.91 Å². The standard InChI is InChI=1S/C19H18N2O2/c1-13-11-12-19(20-13)15-9-5-6-10-16(15)21(18(19)23)17(22)14-7-3-2-4-8-14/h2-10,18,23H,11-12H2,1H3. The summed E-state index contributed by atoms with van der Waals surface area (Å²) >= 11 is 0. The quantitative estimate of drug-likeness (QED) is 0.880. The summed E-state index contributed by atoms with van der Waals surface area (Å²) in [5.74, 6) is -0.192. The Morgan fingerprint density at radius 2 is 1.87 bits per heavy atom. The molecule has 0 fully saturated rings. The summed E-state index contributed by atoms with van der Waals surface area (Å²) in [6.45, 7) is 1.98. The van der Waals surface area contributed by atoms with Crippen LogP contribution in [0.2, 0.25) is 0 Å². The molecule has 0 saturated carbocycles. The van der Waals surface area contributed by atoms with Crippen LogP contribution in [0.4, 0.5) is 5.69 Å². The van der Waals surface area contributed by atoms with Gasteiger partial charge in [-0.25, -0.2) is 0 Å². The van der Waals surface area contributed by atoms with Crippen LogP contribution in [-0.2, 0) is 5.54 Å². The van der Waals surface area contributed by atoms with E-state index in [9.17, 15) is 9.90 Å². The first-order valence-electron chi connectivity index (χ1n) is 7.85. The number of fused-ring (bicyclic) bond motifs is 2. The zero-order chi connectivity index (χ0) is 16.0. The van der Waals surface area contributed by atoms with Crippen molar-refractivity contribution in [1.82, 2.24) is 0 Å². The molecule has 0 bridgehead atoms. The van der Waals surface area contributed by atoms with Gasteiger partial charge in [0.1, 0.15) is 5.54 Å². The molecule has 0 aromatic heterocycles. The predicted octanol–water partition coefficient (Wildman–Crippen LogP) is 3.12. The average Bonchev–Trinajstić information content (AvgIpc) is 3.09. The normalized spacial score (nSPS) is 25.6. The van der Waals surface area contributed by atoms with Gasteiger partial charge in [0.2, 0.25) is 0 Å². The Kier molecular flexibility index (Phi) is 3.10. The van der Waals surface area contributed by atoms with Crippen LogP contribution in [0.5, 0.6) is 0 Å². The van der Waals surface area contributed by atoms with Gasteiger partial charge < -0.3 is 5.11 Å². The maximum absolute atomic E-state index is 13.0. The van der Waals surface area contributed by atoms with E-state index in [0.717, 1.165) is 29.8 Å². The van der Waals surface area contributed by atoms with Gasteiger partial charge in [-0.1, -0.05) is 36.4 Å². The molecule has 2 atom stereocenters. The molecular weight excluding hydrogens is 288 g/mol. The van der Waals surface area contributed by atoms with Crippen molar-refractivity contribution in [3.05, 3.63) is 65.7 Å². The highest BCUT2D eigenvalue weighted by Gasteiger charge is 2.54. The fourth-order valence-electron chi connectivity index (χ4n) is 3.68. The zero-order valence-corrected chi connectivity index (χ0v) is 12.9. The SMILES string of the molecule is CC1=NC2(CC1)c1ccccc1N(C(=O)c1ccccc1)C2O. The van der Waals surface area contributed by atoms with Crippen LogP contribution >= 0.6 is 0 Å². The molecule has 1 N–H and O–H groups in total. The molecule has 4 rings (SSSR count). The molecule has 0 radical (unpaired) electrons. The number of hydrogen-bond acceptors (Lipinski definition) is 3. The van der Waals surface area contributed by atoms with Crippen LogP contribution in [0.3, 0.4) is 0 Å². The molecule has 23 heavy (non-hydrogen) atoms. The maximum Gasteiger partial charge on any atom is 0.260 e. The highest BCUT2D eigenvalue weighted by molar-refractivity contribution is 6.08. The number of carbonyl (C=O) groups is 1. The number of carbonyl (C=O) groups excluding carboxylic acids is 1. The maximum atomic E-state index is 13.0. The average molecular weight is 306 g/mol. The Labute approximate surface area is 135 Å². The first kappa shape index (κ1) is 14.2. The van der Waals surface area contributed by atoms with Crippen LogP contribution in [0.15, 0.2) is 59.6 Å². The molecule has 2 aliphatic rings. The number of nitrogens with zero attached hydrogens (tertiary/aromatic N) is 2. The fraction of sp³-hybridized carbons (Fsp3) is 0.263. The van der Waals surface area contributed by atoms with Crippen molar-refractivity contribution in [2.45, 2.75) is 31.5 Å². The third-order valence-electron chi connectivity index (χ3n) is 4.80. The number of hydrogen-bond donors (Lipinski definition) is 1. The Hall–Kier alpha value is -2.46. The van der Waals surface area contributed by atoms with E-state index in [4.69, 9.17) is 4.99 Å². The molecule has 1 spiro atoms. The van der Waals surface area contributed by atoms with Crippen molar-refractivity contribution in [2.75, 3.05) is 4.90 Å². The van der Waals surface area contributed by atoms with E-state index in [-0.39, 0.29) is 5.91 Å². The third-order valence-corrected chi connectivity index (χ3v) is 4.80. The van der Waals surface area contributed by atoms with Gasteiger partial charge in [0.05, 0.1) is 5.69 Å². The Morgan fingerprint density at radius 1 is 1.17 bits per heavy atom. The molecule has 4 nitrogen and oxygen atoms in total. The van der Waals surface area contributed by atoms with E-state index in [1.165, 1.54) is 4.90 Å². The van der Waals surface area contributed by atoms with Gasteiger partial charge in [-0.15, -0.1) is 0 Å². The van der Waals surface area contributed by atoms with E-state index >= 15 is 0 Å². The number of aliphatic hydroxyl groups is 1. The largest absolute Gasteiger partial charge is 0.370 e. The fourth-order valence-corrected chi connectivity index (χ4v) is 3.68. The lowest BCUT2D eigenvalue weighted by atomic mass is 9.88. The van der Waals surface area contributed by atoms with E-state index < -0.39 is 11.8 Å². The van der Waals surface area contributed by atoms with Gasteiger partial charge >= 0.3 is 0 Å². The lowest BCUT2D eigenvalue weighted by molar-refractivity contribution is 0.0726. The minimum Gasteiger partial charge on any atom is -0.370 e. The van der Waals surface area contributed by atoms with E-state index in [2.05, 4.69) is 0 Å². The van der Waals surface area contributed by atoms with Crippen LogP contribution in [0.1, 0.15) is 35.7 Å². The second kappa shape index (κ2) is 5.03. The minimum absolute atomic E-state index is 0.192. The van der Waals surface area contributed by atoms with Crippen molar-refractivity contribution in [3.63, 3.8) is 0 Å². The van der Waals surface area contributed by atoms with Crippen molar-refractivity contribution in [1.29, 1.82) is 0 Å². The molecule has 1 amide bonds. The number of rotatable bonds is 1. The Bertz CT molecular complexity index is 800. The summed E-state index contributed by atoms with van der Waals surface area (Å²) in [5.41, 5.74) is 2.57. The van der Waals surface area contributed by atoms with Crippen LogP contribution in [0, 0.1) is 0 Å². The van der Waals surface area contributed by atoms with Gasteiger partial charge in [0, 0.05) is 16.8 Å². The van der Waals surface area contributed by atoms with Crippen molar-refractivity contribution in [3.8, 4) is 0 Å². The third kappa shape index (κ3) is 1.95. The first-order valence-corrected chi connectivity index (χ1v) is 7.85. The van der Waals surface area contributed by atoms with Crippen molar-refractivity contribution < 1.29 is 9.90 Å². The second-order valence-corrected chi connectivity index (χ2v) is 6.20. The molecule has 2 heterocycles. The molecule has 2 aromatic carbocycles. The summed E-state index contributed by atoms with van der Waals surface area (Å²) in [5, 5.41) is 11.0. The minimum atomic E-state index is -0.968. The van der Waals surface area contributed by atoms with Crippen LogP contribution < -0.4 is 4.90 Å². The molecule has 2 aliphatic heterocycles. The zero-order valence-electron chi connectivity index (χ0n) is 12.9. The van der Waals surface area contributed by atoms with Gasteiger partial charge in [-0.05, 0) is 38.0 Å². The molecule has 2 aromatic rings. The van der Waals surface area contributed by atoms with E-state index in [1.807, 2.05) is 49.4 Å². The highest BCUT2D eigenvalue weighted by atomic mass is 16.3. The Balaban J connectivity index is 1.85. The highest BCUT2D eigenvalue weighted by Crippen LogP contribution is 2.51. The van der Waals surface area contributed by atoms with Gasteiger partial charge in [0.15, 0.2) is 6.23 Å². The smallest absolute Gasteiger partial charge is 0.260 e. The van der Waals surface area contributed by atoms with Gasteiger partial charge in [-0.3, -0.25) is 14.7 Å². The number of aliphatic hydroxyl groups excluding tert-OH is 1. The lowest BCUT2D eigenvalue weighted by Gasteiger charge is -2.29. The summed E-state index contributed by atoms with van der Waals surface area (Å²) in [6, 6.07) is 16.8. The number of benzene rings is 2. The molecule has 116 valence electrons. The van der Waals surface area contributed by atoms with Gasteiger partial charge in [-0.2, -0.15) is 0 Å². The summed E-state index contributed by atoms with van der Waals surface area (Å²) in [7, 11) is 0. The van der Waals surface area contributed by atoms with E-state index in [0.29, 0.717) is 5.56 Å². The number of aliphatic imine (C=N–C) groups is 1. The van der Waals surface area contributed by atoms with E-state index in [1.54, 1.807) is 12.1 Å². The molecule has 0 saturated heterocycles. The number of anilines is 1. The van der Waals surface area contributed by atoms with Crippen molar-refractivity contribution in [2.24, 2.45) is 4.99 Å². The number of amides is 1. The molecule has 0 aliphatic carbocycles. The van der Waals surface area contributed by atoms with Crippen LogP contribution in [-0.4, -0.2) is 23.0 Å². The first-order chi connectivity index (χ1) is 11.1. The summed E-state index contributed by atoms with van der Waals surface area (Å²) < 4.78 is 0. The van der Waals surface area contributed by atoms with Crippen LogP contribution in [0.25, 0.3) is 0 Å². The molecule has 4 heteroatoms. The topological polar surface area (TPSA) is 52.9 Å². The Morgan fingerprint density at radius 3 is 2.57 bits per heavy atom. The monoisotopic (exact) mass is 306 g/mol. The molecular formula is C19H18N2O2. The lowest BCUT2D eigenvalue weighted by Crippen LogP contribution is -2.45. The predicted molar refractivity (Wildman–Crippen MR) is 89.7 cm³/mol. The van der Waals surface area contributed by atoms with Crippen molar-refractivity contribution >= 4 is 17.3 Å². The summed E-state index contributed by atoms with van der Waals surface area (Å²) in [4.78, 5) is 19.2.